The number of hydrogen-bond acceptors (Lipinski definition) is 5. The number of rotatable bonds is 5. The number of fused-ring (bicyclic) bond motifs is 2. The quantitative estimate of drug-likeness (QED) is 0.768. The highest BCUT2D eigenvalue weighted by Gasteiger charge is 2.35. The van der Waals surface area contributed by atoms with Crippen molar-refractivity contribution in [1.82, 2.24) is 0 Å². The summed E-state index contributed by atoms with van der Waals surface area (Å²) in [5.74, 6) is -1.40. The average molecular weight is 340 g/mol. The van der Waals surface area contributed by atoms with Crippen LogP contribution in [-0.2, 0) is 0 Å². The highest BCUT2D eigenvalue weighted by molar-refractivity contribution is 6.30. The highest BCUT2D eigenvalue weighted by atomic mass is 16.5. The second-order valence-corrected chi connectivity index (χ2v) is 5.40. The van der Waals surface area contributed by atoms with Crippen LogP contribution in [0, 0.1) is 0 Å². The van der Waals surface area contributed by atoms with Crippen LogP contribution in [0.2, 0.25) is 0 Å². The normalized spacial score (nSPS) is 12.4. The summed E-state index contributed by atoms with van der Waals surface area (Å²) in [5.41, 5.74) is 0.451. The van der Waals surface area contributed by atoms with E-state index in [2.05, 4.69) is 0 Å². The van der Waals surface area contributed by atoms with Gasteiger partial charge in [0.05, 0.1) is 29.9 Å². The molecule has 1 N–H and O–H groups in total. The van der Waals surface area contributed by atoms with Crippen LogP contribution in [0.3, 0.4) is 0 Å². The Balaban J connectivity index is 2.27. The largest absolute Gasteiger partial charge is 0.493 e. The van der Waals surface area contributed by atoms with E-state index in [9.17, 15) is 14.4 Å². The van der Waals surface area contributed by atoms with Crippen LogP contribution in [0.4, 0.5) is 0 Å². The van der Waals surface area contributed by atoms with Crippen molar-refractivity contribution >= 4 is 17.5 Å². The van der Waals surface area contributed by atoms with Crippen molar-refractivity contribution in [3.05, 3.63) is 58.1 Å². The van der Waals surface area contributed by atoms with Gasteiger partial charge in [-0.05, 0) is 44.2 Å². The van der Waals surface area contributed by atoms with Crippen molar-refractivity contribution in [3.8, 4) is 11.5 Å². The molecule has 0 saturated heterocycles. The summed E-state index contributed by atoms with van der Waals surface area (Å²) < 4.78 is 11.0. The van der Waals surface area contributed by atoms with Crippen LogP contribution in [0.25, 0.3) is 0 Å². The SMILES string of the molecule is CCOc1ccc(OCC)c2c1C(=O)c1ccc(C(=O)O)cc1C2=O. The summed E-state index contributed by atoms with van der Waals surface area (Å²) in [5, 5.41) is 9.15. The lowest BCUT2D eigenvalue weighted by atomic mass is 9.82. The fourth-order valence-electron chi connectivity index (χ4n) is 2.90. The molecule has 1 aliphatic rings. The van der Waals surface area contributed by atoms with Gasteiger partial charge in [-0.1, -0.05) is 0 Å². The number of carbonyl (C=O) groups excluding carboxylic acids is 2. The van der Waals surface area contributed by atoms with Crippen LogP contribution in [0.1, 0.15) is 56.0 Å². The molecule has 128 valence electrons. The predicted octanol–water partition coefficient (Wildman–Crippen LogP) is 2.96. The molecule has 0 radical (unpaired) electrons. The van der Waals surface area contributed by atoms with Gasteiger partial charge in [0.25, 0.3) is 0 Å². The third-order valence-corrected chi connectivity index (χ3v) is 3.94. The molecule has 25 heavy (non-hydrogen) atoms. The predicted molar refractivity (Wildman–Crippen MR) is 89.0 cm³/mol. The highest BCUT2D eigenvalue weighted by Crippen LogP contribution is 2.39. The number of hydrogen-bond donors (Lipinski definition) is 1. The molecule has 0 bridgehead atoms. The fraction of sp³-hybridized carbons (Fsp3) is 0.211. The Labute approximate surface area is 144 Å². The Bertz CT molecular complexity index is 897. The fourth-order valence-corrected chi connectivity index (χ4v) is 2.90. The van der Waals surface area contributed by atoms with Crippen LogP contribution < -0.4 is 9.47 Å². The van der Waals surface area contributed by atoms with Gasteiger partial charge in [-0.15, -0.1) is 0 Å². The van der Waals surface area contributed by atoms with Crippen molar-refractivity contribution < 1.29 is 29.0 Å². The van der Waals surface area contributed by atoms with E-state index in [0.29, 0.717) is 19.0 Å². The molecule has 0 aromatic heterocycles. The number of benzene rings is 2. The van der Waals surface area contributed by atoms with Gasteiger partial charge in [-0.25, -0.2) is 4.79 Å². The molecular formula is C19H16O6. The Morgan fingerprint density at radius 1 is 0.880 bits per heavy atom. The average Bonchev–Trinajstić information content (AvgIpc) is 2.60. The second kappa shape index (κ2) is 6.39. The summed E-state index contributed by atoms with van der Waals surface area (Å²) in [6, 6.07) is 7.10. The minimum absolute atomic E-state index is 0.0535. The maximum Gasteiger partial charge on any atom is 0.335 e. The van der Waals surface area contributed by atoms with E-state index in [1.807, 2.05) is 0 Å². The Hall–Kier alpha value is -3.15. The standard InChI is InChI=1S/C19H16O6/c1-3-24-13-7-8-14(25-4-2)16-15(13)17(20)11-6-5-10(19(22)23)9-12(11)18(16)21/h5-9H,3-4H2,1-2H3,(H,22,23). The van der Waals surface area contributed by atoms with Crippen molar-refractivity contribution in [2.45, 2.75) is 13.8 Å². The third kappa shape index (κ3) is 2.65. The van der Waals surface area contributed by atoms with Gasteiger partial charge < -0.3 is 14.6 Å². The molecule has 1 aliphatic carbocycles. The molecule has 0 atom stereocenters. The number of carboxylic acids is 1. The molecule has 6 heteroatoms. The molecule has 0 unspecified atom stereocenters. The van der Waals surface area contributed by atoms with Gasteiger partial charge in [-0.3, -0.25) is 9.59 Å². The zero-order chi connectivity index (χ0) is 18.1. The lowest BCUT2D eigenvalue weighted by molar-refractivity contribution is 0.0696. The third-order valence-electron chi connectivity index (χ3n) is 3.94. The Morgan fingerprint density at radius 2 is 1.40 bits per heavy atom. The minimum atomic E-state index is -1.16. The van der Waals surface area contributed by atoms with E-state index < -0.39 is 11.8 Å². The van der Waals surface area contributed by atoms with Gasteiger partial charge in [0, 0.05) is 11.1 Å². The monoisotopic (exact) mass is 340 g/mol. The van der Waals surface area contributed by atoms with Crippen molar-refractivity contribution in [2.24, 2.45) is 0 Å². The lowest BCUT2D eigenvalue weighted by Crippen LogP contribution is -2.23. The van der Waals surface area contributed by atoms with E-state index in [-0.39, 0.29) is 39.4 Å². The number of aromatic carboxylic acids is 1. The lowest BCUT2D eigenvalue weighted by Gasteiger charge is -2.22. The maximum atomic E-state index is 13.0. The molecule has 0 aliphatic heterocycles. The van der Waals surface area contributed by atoms with Crippen molar-refractivity contribution in [2.75, 3.05) is 13.2 Å². The summed E-state index contributed by atoms with van der Waals surface area (Å²) in [7, 11) is 0. The molecule has 2 aromatic carbocycles. The first-order valence-electron chi connectivity index (χ1n) is 7.88. The second-order valence-electron chi connectivity index (χ2n) is 5.40. The van der Waals surface area contributed by atoms with Gasteiger partial charge in [0.2, 0.25) is 0 Å². The summed E-state index contributed by atoms with van der Waals surface area (Å²) in [4.78, 5) is 37.1. The number of ketones is 2. The molecule has 6 nitrogen and oxygen atoms in total. The number of ether oxygens (including phenoxy) is 2. The van der Waals surface area contributed by atoms with Crippen LogP contribution in [0.15, 0.2) is 30.3 Å². The number of carbonyl (C=O) groups is 3. The van der Waals surface area contributed by atoms with Crippen LogP contribution >= 0.6 is 0 Å². The summed E-state index contributed by atoms with van der Waals surface area (Å²) >= 11 is 0. The van der Waals surface area contributed by atoms with Crippen LogP contribution in [-0.4, -0.2) is 35.9 Å². The van der Waals surface area contributed by atoms with E-state index >= 15 is 0 Å². The molecule has 2 aromatic rings. The molecular weight excluding hydrogens is 324 g/mol. The Kier molecular flexibility index (Phi) is 4.27. The molecule has 0 fully saturated rings. The minimum Gasteiger partial charge on any atom is -0.493 e. The maximum absolute atomic E-state index is 13.0. The first-order chi connectivity index (χ1) is 12.0. The number of carboxylic acid groups (broad SMARTS) is 1. The molecule has 0 spiro atoms. The van der Waals surface area contributed by atoms with Crippen molar-refractivity contribution in [1.29, 1.82) is 0 Å². The zero-order valence-electron chi connectivity index (χ0n) is 13.8. The van der Waals surface area contributed by atoms with E-state index in [0.717, 1.165) is 0 Å². The van der Waals surface area contributed by atoms with Crippen molar-refractivity contribution in [3.63, 3.8) is 0 Å². The zero-order valence-corrected chi connectivity index (χ0v) is 13.8. The summed E-state index contributed by atoms with van der Waals surface area (Å²) in [6.07, 6.45) is 0. The van der Waals surface area contributed by atoms with E-state index in [1.165, 1.54) is 18.2 Å². The van der Waals surface area contributed by atoms with Gasteiger partial charge in [-0.2, -0.15) is 0 Å². The topological polar surface area (TPSA) is 89.9 Å². The van der Waals surface area contributed by atoms with E-state index in [4.69, 9.17) is 14.6 Å². The first kappa shape index (κ1) is 16.7. The molecule has 0 amide bonds. The van der Waals surface area contributed by atoms with Crippen LogP contribution in [0.5, 0.6) is 11.5 Å². The van der Waals surface area contributed by atoms with E-state index in [1.54, 1.807) is 26.0 Å². The van der Waals surface area contributed by atoms with Gasteiger partial charge in [0.1, 0.15) is 11.5 Å². The summed E-state index contributed by atoms with van der Waals surface area (Å²) in [6.45, 7) is 4.22. The molecule has 0 saturated carbocycles. The Morgan fingerprint density at radius 3 is 1.88 bits per heavy atom. The smallest absolute Gasteiger partial charge is 0.335 e. The first-order valence-corrected chi connectivity index (χ1v) is 7.88. The molecule has 0 heterocycles. The molecule has 3 rings (SSSR count). The van der Waals surface area contributed by atoms with Gasteiger partial charge >= 0.3 is 5.97 Å². The van der Waals surface area contributed by atoms with Gasteiger partial charge in [0.15, 0.2) is 11.6 Å².